The highest BCUT2D eigenvalue weighted by atomic mass is 32.2. The molecule has 0 bridgehead atoms. The van der Waals surface area contributed by atoms with Crippen LogP contribution in [0.4, 0.5) is 5.69 Å². The van der Waals surface area contributed by atoms with Crippen molar-refractivity contribution in [3.8, 4) is 22.6 Å². The molecule has 1 fully saturated rings. The van der Waals surface area contributed by atoms with Crippen molar-refractivity contribution in [3.05, 3.63) is 71.8 Å². The van der Waals surface area contributed by atoms with Crippen molar-refractivity contribution in [2.45, 2.75) is 49.0 Å². The Kier molecular flexibility index (Phi) is 7.15. The second kappa shape index (κ2) is 10.3. The average molecular weight is 561 g/mol. The molecule has 1 aliphatic carbocycles. The molecule has 0 saturated heterocycles. The molecule has 0 radical (unpaired) electrons. The molecule has 3 aromatic carbocycles. The smallest absolute Gasteiger partial charge is 0.241 e. The Hall–Kier alpha value is -3.44. The number of aryl methyl sites for hydroxylation is 1. The second-order valence-corrected chi connectivity index (χ2v) is 11.9. The number of amides is 1. The minimum atomic E-state index is -3.97. The number of aliphatic hydroxyl groups is 2. The van der Waals surface area contributed by atoms with Crippen LogP contribution in [0.2, 0.25) is 0 Å². The van der Waals surface area contributed by atoms with Gasteiger partial charge in [-0.05, 0) is 84.8 Å². The number of rotatable bonds is 10. The normalized spacial score (nSPS) is 15.7. The number of hydrogen-bond donors (Lipinski definition) is 4. The summed E-state index contributed by atoms with van der Waals surface area (Å²) in [7, 11) is -3.97. The molecular weight excluding hydrogens is 520 g/mol. The van der Waals surface area contributed by atoms with Gasteiger partial charge in [0.2, 0.25) is 22.7 Å². The molecule has 0 unspecified atom stereocenters. The number of ether oxygens (including phenoxy) is 2. The van der Waals surface area contributed by atoms with Gasteiger partial charge < -0.3 is 25.0 Å². The molecular formula is C29H40N2O7S. The summed E-state index contributed by atoms with van der Waals surface area (Å²) >= 11 is 0. The molecule has 2 aliphatic rings. The number of sulfonamides is 1. The molecule has 214 valence electrons. The van der Waals surface area contributed by atoms with Gasteiger partial charge in [-0.1, -0.05) is 31.2 Å². The van der Waals surface area contributed by atoms with Gasteiger partial charge in [0.25, 0.3) is 0 Å². The van der Waals surface area contributed by atoms with Crippen molar-refractivity contribution in [1.82, 2.24) is 4.72 Å². The monoisotopic (exact) mass is 560 g/mol. The summed E-state index contributed by atoms with van der Waals surface area (Å²) in [4.78, 5) is 13.4. The molecule has 5 rings (SSSR count). The molecule has 10 heteroatoms. The number of nitrogens with one attached hydrogen (secondary N) is 2. The van der Waals surface area contributed by atoms with Gasteiger partial charge in [0.05, 0.1) is 29.1 Å². The van der Waals surface area contributed by atoms with Gasteiger partial charge in [-0.15, -0.1) is 0 Å². The van der Waals surface area contributed by atoms with Gasteiger partial charge in [-0.3, -0.25) is 4.79 Å². The molecule has 1 saturated carbocycles. The molecule has 9 nitrogen and oxygen atoms in total. The average Bonchev–Trinajstić information content (AvgIpc) is 3.63. The van der Waals surface area contributed by atoms with Crippen molar-refractivity contribution in [1.29, 1.82) is 0 Å². The van der Waals surface area contributed by atoms with E-state index in [1.165, 1.54) is 12.1 Å². The zero-order valence-electron chi connectivity index (χ0n) is 21.9. The topological polar surface area (TPSA) is 134 Å². The Labute approximate surface area is 233 Å². The Morgan fingerprint density at radius 2 is 1.69 bits per heavy atom. The number of hydrogen-bond acceptors (Lipinski definition) is 7. The van der Waals surface area contributed by atoms with Crippen LogP contribution in [0.5, 0.6) is 11.5 Å². The maximum Gasteiger partial charge on any atom is 0.241 e. The fraction of sp³-hybridized carbons (Fsp3) is 0.345. The highest BCUT2D eigenvalue weighted by Crippen LogP contribution is 2.51. The van der Waals surface area contributed by atoms with Crippen LogP contribution in [0.1, 0.15) is 43.0 Å². The van der Waals surface area contributed by atoms with E-state index in [1.54, 1.807) is 19.1 Å². The maximum absolute atomic E-state index is 13.4. The van der Waals surface area contributed by atoms with Crippen molar-refractivity contribution in [2.24, 2.45) is 0 Å². The number of anilines is 1. The summed E-state index contributed by atoms with van der Waals surface area (Å²) in [6, 6.07) is 17.6. The Balaban J connectivity index is 0.00000231. The first-order valence-electron chi connectivity index (χ1n) is 12.8. The largest absolute Gasteiger partial charge is 0.454 e. The van der Waals surface area contributed by atoms with Crippen LogP contribution < -0.4 is 19.5 Å². The number of fused-ring (bicyclic) bond motifs is 1. The molecule has 0 spiro atoms. The third kappa shape index (κ3) is 5.12. The van der Waals surface area contributed by atoms with E-state index in [9.17, 15) is 23.4 Å². The molecule has 1 heterocycles. The first-order valence-corrected chi connectivity index (χ1v) is 14.3. The van der Waals surface area contributed by atoms with E-state index in [0.29, 0.717) is 17.2 Å². The minimum Gasteiger partial charge on any atom is -0.454 e. The SMILES string of the molecule is CCC(CO)(CO)NS(=O)(=O)c1ccc(-c2cc(NC(=O)C3(c4ccc5c(c4)OCO5)CC3)ccc2C)cc1.[HH].[HH].[HH].[HH]. The van der Waals surface area contributed by atoms with Crippen molar-refractivity contribution in [3.63, 3.8) is 0 Å². The molecule has 39 heavy (non-hydrogen) atoms. The van der Waals surface area contributed by atoms with E-state index in [1.807, 2.05) is 43.3 Å². The Morgan fingerprint density at radius 3 is 2.33 bits per heavy atom. The van der Waals surface area contributed by atoms with Gasteiger partial charge in [-0.2, -0.15) is 0 Å². The Bertz CT molecular complexity index is 1510. The Morgan fingerprint density at radius 1 is 1.00 bits per heavy atom. The summed E-state index contributed by atoms with van der Waals surface area (Å²) in [5, 5.41) is 22.3. The van der Waals surface area contributed by atoms with E-state index in [0.717, 1.165) is 35.1 Å². The van der Waals surface area contributed by atoms with E-state index in [-0.39, 0.29) is 29.7 Å². The lowest BCUT2D eigenvalue weighted by Gasteiger charge is -2.29. The van der Waals surface area contributed by atoms with Gasteiger partial charge in [0.1, 0.15) is 0 Å². The quantitative estimate of drug-likeness (QED) is 0.288. The predicted molar refractivity (Wildman–Crippen MR) is 155 cm³/mol. The lowest BCUT2D eigenvalue weighted by Crippen LogP contribution is -2.53. The van der Waals surface area contributed by atoms with Crippen LogP contribution in [0.25, 0.3) is 11.1 Å². The van der Waals surface area contributed by atoms with E-state index in [2.05, 4.69) is 10.0 Å². The zero-order chi connectivity index (χ0) is 27.8. The number of carbonyl (C=O) groups excluding carboxylic acids is 1. The summed E-state index contributed by atoms with van der Waals surface area (Å²) in [6.45, 7) is 2.77. The first kappa shape index (κ1) is 27.1. The number of aliphatic hydroxyl groups excluding tert-OH is 2. The van der Waals surface area contributed by atoms with Crippen LogP contribution in [0.3, 0.4) is 0 Å². The van der Waals surface area contributed by atoms with Gasteiger partial charge >= 0.3 is 0 Å². The molecule has 0 atom stereocenters. The van der Waals surface area contributed by atoms with E-state index < -0.39 is 34.2 Å². The standard InChI is InChI=1S/C29H32N2O7S.4H2/c1-3-28(16-32,17-33)31-39(35,36)23-9-5-20(6-10-23)24-15-22(8-4-19(24)2)30-27(34)29(12-13-29)21-7-11-25-26(14-21)38-18-37-25;;;;/h4-11,14-15,31-33H,3,12-13,16-18H2,1-2H3,(H,30,34);4*1H. The fourth-order valence-electron chi connectivity index (χ4n) is 4.80. The van der Waals surface area contributed by atoms with Crippen LogP contribution >= 0.6 is 0 Å². The van der Waals surface area contributed by atoms with Crippen LogP contribution in [-0.2, 0) is 20.2 Å². The zero-order valence-corrected chi connectivity index (χ0v) is 22.7. The molecule has 1 amide bonds. The van der Waals surface area contributed by atoms with E-state index >= 15 is 0 Å². The van der Waals surface area contributed by atoms with Crippen LogP contribution in [0, 0.1) is 6.92 Å². The molecule has 0 aromatic heterocycles. The minimum absolute atomic E-state index is 0. The molecule has 3 aromatic rings. The summed E-state index contributed by atoms with van der Waals surface area (Å²) in [5.41, 5.74) is 2.20. The molecule has 1 aliphatic heterocycles. The van der Waals surface area contributed by atoms with Crippen LogP contribution in [-0.4, -0.2) is 50.1 Å². The van der Waals surface area contributed by atoms with Crippen LogP contribution in [0.15, 0.2) is 65.6 Å². The number of carbonyl (C=O) groups is 1. The van der Waals surface area contributed by atoms with Gasteiger partial charge in [-0.25, -0.2) is 13.1 Å². The summed E-state index contributed by atoms with van der Waals surface area (Å²) in [6.07, 6.45) is 1.71. The lowest BCUT2D eigenvalue weighted by atomic mass is 9.94. The summed E-state index contributed by atoms with van der Waals surface area (Å²) in [5.74, 6) is 1.24. The van der Waals surface area contributed by atoms with Gasteiger partial charge in [0, 0.05) is 11.4 Å². The highest BCUT2D eigenvalue weighted by molar-refractivity contribution is 7.89. The third-order valence-electron chi connectivity index (χ3n) is 7.71. The fourth-order valence-corrected chi connectivity index (χ4v) is 6.25. The first-order chi connectivity index (χ1) is 18.6. The second-order valence-electron chi connectivity index (χ2n) is 10.2. The van der Waals surface area contributed by atoms with Crippen molar-refractivity contribution < 1.29 is 38.6 Å². The maximum atomic E-state index is 13.4. The highest BCUT2D eigenvalue weighted by Gasteiger charge is 2.51. The van der Waals surface area contributed by atoms with E-state index in [4.69, 9.17) is 9.47 Å². The third-order valence-corrected chi connectivity index (χ3v) is 9.31. The molecule has 4 N–H and O–H groups in total. The lowest BCUT2D eigenvalue weighted by molar-refractivity contribution is -0.118. The summed E-state index contributed by atoms with van der Waals surface area (Å²) < 4.78 is 39.1. The van der Waals surface area contributed by atoms with Crippen molar-refractivity contribution in [2.75, 3.05) is 25.3 Å². The van der Waals surface area contributed by atoms with Gasteiger partial charge in [0.15, 0.2) is 11.5 Å². The van der Waals surface area contributed by atoms with Crippen molar-refractivity contribution >= 4 is 21.6 Å². The number of benzene rings is 3. The predicted octanol–water partition coefficient (Wildman–Crippen LogP) is 4.46.